The predicted molar refractivity (Wildman–Crippen MR) is 120 cm³/mol. The second-order valence-corrected chi connectivity index (χ2v) is 8.29. The molecule has 0 spiro atoms. The summed E-state index contributed by atoms with van der Waals surface area (Å²) in [7, 11) is 1.63. The zero-order valence-electron chi connectivity index (χ0n) is 18.2. The Kier molecular flexibility index (Phi) is 4.80. The second-order valence-electron chi connectivity index (χ2n) is 8.29. The van der Waals surface area contributed by atoms with Gasteiger partial charge in [0.15, 0.2) is 35.7 Å². The molecule has 1 unspecified atom stereocenters. The third-order valence-corrected chi connectivity index (χ3v) is 6.20. The van der Waals surface area contributed by atoms with Crippen molar-refractivity contribution in [2.75, 3.05) is 20.5 Å². The minimum Gasteiger partial charge on any atom is -0.493 e. The number of pyridine rings is 1. The standard InChI is InChI=1S/C25H24N3O5/c1-30-22-3-2-16-8-21-19-10-24-23(32-15-33-24)9-17(19)4-6-28(21)12-20(16)25(22)31-13-18(29)11-27-7-5-26-14-27/h2-3,5,7-10,12,14,18,29H,4,6,11,13,15H2,1H3/q+1. The Balaban J connectivity index is 1.36. The van der Waals surface area contributed by atoms with E-state index >= 15 is 0 Å². The van der Waals surface area contributed by atoms with Crippen molar-refractivity contribution in [2.45, 2.75) is 25.6 Å². The van der Waals surface area contributed by atoms with Gasteiger partial charge in [0.25, 0.3) is 0 Å². The van der Waals surface area contributed by atoms with E-state index in [0.29, 0.717) is 18.0 Å². The first-order chi connectivity index (χ1) is 16.2. The van der Waals surface area contributed by atoms with E-state index in [0.717, 1.165) is 46.5 Å². The number of benzene rings is 2. The molecule has 33 heavy (non-hydrogen) atoms. The van der Waals surface area contributed by atoms with Crippen LogP contribution in [0, 0.1) is 0 Å². The van der Waals surface area contributed by atoms with Crippen molar-refractivity contribution in [1.29, 1.82) is 0 Å². The average Bonchev–Trinajstić information content (AvgIpc) is 3.51. The molecule has 0 saturated carbocycles. The predicted octanol–water partition coefficient (Wildman–Crippen LogP) is 2.72. The monoisotopic (exact) mass is 446 g/mol. The minimum absolute atomic E-state index is 0.141. The molecule has 8 nitrogen and oxygen atoms in total. The molecule has 168 valence electrons. The molecule has 2 aliphatic heterocycles. The normalized spacial score (nSPS) is 14.6. The first kappa shape index (κ1) is 19.9. The van der Waals surface area contributed by atoms with Gasteiger partial charge in [-0.15, -0.1) is 0 Å². The first-order valence-electron chi connectivity index (χ1n) is 10.9. The van der Waals surface area contributed by atoms with Gasteiger partial charge in [0.05, 0.1) is 30.9 Å². The van der Waals surface area contributed by atoms with Crippen LogP contribution in [0.5, 0.6) is 23.0 Å². The van der Waals surface area contributed by atoms with E-state index in [1.165, 1.54) is 5.56 Å². The maximum absolute atomic E-state index is 10.5. The number of aryl methyl sites for hydroxylation is 2. The molecule has 2 aliphatic rings. The van der Waals surface area contributed by atoms with Gasteiger partial charge in [-0.3, -0.25) is 0 Å². The van der Waals surface area contributed by atoms with Crippen LogP contribution in [0.3, 0.4) is 0 Å². The molecule has 0 aliphatic carbocycles. The van der Waals surface area contributed by atoms with E-state index in [9.17, 15) is 5.11 Å². The van der Waals surface area contributed by atoms with Crippen LogP contribution in [0.2, 0.25) is 0 Å². The molecule has 0 amide bonds. The summed E-state index contributed by atoms with van der Waals surface area (Å²) in [6, 6.07) is 10.3. The minimum atomic E-state index is -0.680. The van der Waals surface area contributed by atoms with Gasteiger partial charge in [-0.1, -0.05) is 0 Å². The maximum Gasteiger partial charge on any atom is 0.231 e. The molecule has 0 saturated heterocycles. The van der Waals surface area contributed by atoms with Gasteiger partial charge in [0.1, 0.15) is 12.7 Å². The average molecular weight is 446 g/mol. The Morgan fingerprint density at radius 3 is 2.91 bits per heavy atom. The van der Waals surface area contributed by atoms with Crippen LogP contribution in [0.15, 0.2) is 55.2 Å². The molecule has 4 aromatic rings. The summed E-state index contributed by atoms with van der Waals surface area (Å²) in [5, 5.41) is 12.4. The fourth-order valence-electron chi connectivity index (χ4n) is 4.58. The number of imidazole rings is 1. The van der Waals surface area contributed by atoms with Gasteiger partial charge in [-0.25, -0.2) is 4.98 Å². The largest absolute Gasteiger partial charge is 0.493 e. The van der Waals surface area contributed by atoms with Gasteiger partial charge >= 0.3 is 0 Å². The van der Waals surface area contributed by atoms with Crippen LogP contribution in [0.1, 0.15) is 5.56 Å². The van der Waals surface area contributed by atoms with Crippen LogP contribution in [-0.2, 0) is 19.5 Å². The fourth-order valence-corrected chi connectivity index (χ4v) is 4.58. The molecule has 0 bridgehead atoms. The summed E-state index contributed by atoms with van der Waals surface area (Å²) in [5.74, 6) is 2.87. The zero-order valence-corrected chi connectivity index (χ0v) is 18.2. The third-order valence-electron chi connectivity index (χ3n) is 6.20. The number of rotatable bonds is 6. The number of fused-ring (bicyclic) bond motifs is 5. The van der Waals surface area contributed by atoms with E-state index in [1.807, 2.05) is 22.9 Å². The third kappa shape index (κ3) is 3.52. The Morgan fingerprint density at radius 1 is 1.21 bits per heavy atom. The molecule has 1 N–H and O–H groups in total. The summed E-state index contributed by atoms with van der Waals surface area (Å²) < 4.78 is 26.9. The van der Waals surface area contributed by atoms with Gasteiger partial charge in [0, 0.05) is 24.9 Å². The van der Waals surface area contributed by atoms with Crippen LogP contribution in [-0.4, -0.2) is 41.3 Å². The van der Waals surface area contributed by atoms with E-state index in [2.05, 4.69) is 33.9 Å². The molecule has 4 heterocycles. The zero-order chi connectivity index (χ0) is 22.4. The highest BCUT2D eigenvalue weighted by atomic mass is 16.7. The molecule has 0 fully saturated rings. The van der Waals surface area contributed by atoms with Gasteiger partial charge < -0.3 is 28.6 Å². The van der Waals surface area contributed by atoms with Crippen molar-refractivity contribution >= 4 is 10.8 Å². The van der Waals surface area contributed by atoms with Crippen LogP contribution >= 0.6 is 0 Å². The molecular formula is C25H24N3O5+. The highest BCUT2D eigenvalue weighted by Gasteiger charge is 2.28. The number of aliphatic hydroxyl groups is 1. The van der Waals surface area contributed by atoms with Gasteiger partial charge in [0.2, 0.25) is 12.5 Å². The topological polar surface area (TPSA) is 78.9 Å². The van der Waals surface area contributed by atoms with Crippen molar-refractivity contribution < 1.29 is 28.6 Å². The van der Waals surface area contributed by atoms with Gasteiger partial charge in [-0.2, -0.15) is 4.57 Å². The van der Waals surface area contributed by atoms with Crippen LogP contribution in [0.25, 0.3) is 22.0 Å². The van der Waals surface area contributed by atoms with Crippen molar-refractivity contribution in [3.63, 3.8) is 0 Å². The summed E-state index contributed by atoms with van der Waals surface area (Å²) in [6.07, 6.45) is 7.51. The lowest BCUT2D eigenvalue weighted by atomic mass is 9.95. The molecular weight excluding hydrogens is 422 g/mol. The summed E-state index contributed by atoms with van der Waals surface area (Å²) in [6.45, 7) is 1.66. The highest BCUT2D eigenvalue weighted by Crippen LogP contribution is 2.41. The van der Waals surface area contributed by atoms with Crippen LogP contribution in [0.4, 0.5) is 0 Å². The van der Waals surface area contributed by atoms with Gasteiger partial charge in [-0.05, 0) is 35.2 Å². The molecule has 8 heteroatoms. The SMILES string of the molecule is COc1ccc2cc3[n+](cc2c1OCC(O)Cn1ccnc1)CCc1cc2c(cc1-3)OCO2. The fraction of sp³-hybridized carbons (Fsp3) is 0.280. The number of hydrogen-bond donors (Lipinski definition) is 1. The number of nitrogens with zero attached hydrogens (tertiary/aromatic N) is 3. The molecule has 2 aromatic heterocycles. The lowest BCUT2D eigenvalue weighted by molar-refractivity contribution is -0.686. The molecule has 1 atom stereocenters. The quantitative estimate of drug-likeness (QED) is 0.459. The first-order valence-corrected chi connectivity index (χ1v) is 10.9. The highest BCUT2D eigenvalue weighted by molar-refractivity contribution is 5.91. The van der Waals surface area contributed by atoms with Crippen molar-refractivity contribution in [1.82, 2.24) is 9.55 Å². The summed E-state index contributed by atoms with van der Waals surface area (Å²) in [4.78, 5) is 4.01. The molecule has 0 radical (unpaired) electrons. The lowest BCUT2D eigenvalue weighted by Crippen LogP contribution is -2.40. The second kappa shape index (κ2) is 7.97. The van der Waals surface area contributed by atoms with E-state index in [1.54, 1.807) is 19.6 Å². The Hall–Kier alpha value is -3.78. The molecule has 6 rings (SSSR count). The van der Waals surface area contributed by atoms with Crippen molar-refractivity contribution in [2.24, 2.45) is 0 Å². The Morgan fingerprint density at radius 2 is 2.09 bits per heavy atom. The molecule has 2 aromatic carbocycles. The van der Waals surface area contributed by atoms with E-state index in [-0.39, 0.29) is 13.4 Å². The van der Waals surface area contributed by atoms with Crippen molar-refractivity contribution in [3.05, 3.63) is 60.8 Å². The maximum atomic E-state index is 10.5. The Bertz CT molecular complexity index is 1340. The van der Waals surface area contributed by atoms with Crippen LogP contribution < -0.4 is 23.5 Å². The van der Waals surface area contributed by atoms with E-state index < -0.39 is 6.10 Å². The summed E-state index contributed by atoms with van der Waals surface area (Å²) >= 11 is 0. The number of aromatic nitrogens is 3. The summed E-state index contributed by atoms with van der Waals surface area (Å²) in [5.41, 5.74) is 3.53. The lowest BCUT2D eigenvalue weighted by Gasteiger charge is -2.19. The number of methoxy groups -OCH3 is 1. The number of aliphatic hydroxyl groups excluding tert-OH is 1. The Labute approximate surface area is 190 Å². The number of hydrogen-bond acceptors (Lipinski definition) is 6. The number of ether oxygens (including phenoxy) is 4. The smallest absolute Gasteiger partial charge is 0.231 e. The van der Waals surface area contributed by atoms with E-state index in [4.69, 9.17) is 18.9 Å². The van der Waals surface area contributed by atoms with Crippen molar-refractivity contribution in [3.8, 4) is 34.3 Å².